The van der Waals surface area contributed by atoms with Crippen LogP contribution in [0.3, 0.4) is 0 Å². The monoisotopic (exact) mass is 422 g/mol. The molecule has 5 heteroatoms. The minimum atomic E-state index is -0.0896. The summed E-state index contributed by atoms with van der Waals surface area (Å²) < 4.78 is 13.2. The highest BCUT2D eigenvalue weighted by molar-refractivity contribution is 9.10. The Morgan fingerprint density at radius 2 is 1.77 bits per heavy atom. The number of hydrogen-bond donors (Lipinski definition) is 0. The molecule has 26 heavy (non-hydrogen) atoms. The zero-order valence-corrected chi connectivity index (χ0v) is 17.6. The second-order valence-corrected chi connectivity index (χ2v) is 7.83. The van der Waals surface area contributed by atoms with Crippen LogP contribution in [-0.4, -0.2) is 32.6 Å². The topological polar surface area (TPSA) is 45.5 Å². The maximum Gasteiger partial charge on any atom is 0.160 e. The molecule has 4 nitrogen and oxygen atoms in total. The maximum atomic E-state index is 9.39. The van der Waals surface area contributed by atoms with E-state index in [1.165, 1.54) is 0 Å². The van der Waals surface area contributed by atoms with E-state index >= 15 is 0 Å². The highest BCUT2D eigenvalue weighted by Crippen LogP contribution is 2.31. The van der Waals surface area contributed by atoms with Gasteiger partial charge in [-0.15, -0.1) is 0 Å². The van der Waals surface area contributed by atoms with Crippen molar-refractivity contribution in [3.63, 3.8) is 0 Å². The van der Waals surface area contributed by atoms with Crippen LogP contribution in [0.5, 0.6) is 0 Å². The SMILES string of the molecule is CCCCOC(OCCCC)C1CCN(c2cc(Br)ccc2C#N)CC1. The van der Waals surface area contributed by atoms with Crippen LogP contribution in [0.15, 0.2) is 22.7 Å². The predicted molar refractivity (Wildman–Crippen MR) is 109 cm³/mol. The van der Waals surface area contributed by atoms with E-state index in [-0.39, 0.29) is 6.29 Å². The molecular weight excluding hydrogens is 392 g/mol. The molecule has 0 aromatic heterocycles. The number of unbranched alkanes of at least 4 members (excludes halogenated alkanes) is 2. The largest absolute Gasteiger partial charge is 0.370 e. The Bertz CT molecular complexity index is 570. The molecule has 1 aliphatic heterocycles. The average molecular weight is 423 g/mol. The number of anilines is 1. The molecule has 1 aliphatic rings. The Hall–Kier alpha value is -1.09. The van der Waals surface area contributed by atoms with E-state index in [9.17, 15) is 5.26 Å². The number of ether oxygens (including phenoxy) is 2. The fourth-order valence-electron chi connectivity index (χ4n) is 3.28. The lowest BCUT2D eigenvalue weighted by molar-refractivity contribution is -0.177. The number of rotatable bonds is 10. The standard InChI is InChI=1S/C21H31BrN2O2/c1-3-5-13-25-21(26-14-6-4-2)17-9-11-24(12-10-17)20-15-19(22)8-7-18(20)16-23/h7-8,15,17,21H,3-6,9-14H2,1-2H3. The number of halogens is 1. The minimum absolute atomic E-state index is 0.0896. The number of piperidine rings is 1. The van der Waals surface area contributed by atoms with E-state index in [0.717, 1.165) is 80.6 Å². The van der Waals surface area contributed by atoms with Crippen LogP contribution >= 0.6 is 15.9 Å². The van der Waals surface area contributed by atoms with Gasteiger partial charge in [-0.2, -0.15) is 5.26 Å². The van der Waals surface area contributed by atoms with Crippen LogP contribution in [0, 0.1) is 17.2 Å². The minimum Gasteiger partial charge on any atom is -0.370 e. The van der Waals surface area contributed by atoms with E-state index in [0.29, 0.717) is 5.92 Å². The molecule has 144 valence electrons. The molecule has 0 aliphatic carbocycles. The van der Waals surface area contributed by atoms with E-state index < -0.39 is 0 Å². The van der Waals surface area contributed by atoms with Gasteiger partial charge in [-0.25, -0.2) is 0 Å². The van der Waals surface area contributed by atoms with E-state index in [1.807, 2.05) is 18.2 Å². The molecule has 2 rings (SSSR count). The van der Waals surface area contributed by atoms with Crippen LogP contribution in [0.1, 0.15) is 57.9 Å². The van der Waals surface area contributed by atoms with Crippen molar-refractivity contribution >= 4 is 21.6 Å². The first kappa shape index (κ1) is 21.2. The first-order chi connectivity index (χ1) is 12.7. The van der Waals surface area contributed by atoms with Crippen molar-refractivity contribution < 1.29 is 9.47 Å². The van der Waals surface area contributed by atoms with Gasteiger partial charge in [-0.05, 0) is 43.9 Å². The van der Waals surface area contributed by atoms with Crippen LogP contribution in [0.4, 0.5) is 5.69 Å². The summed E-state index contributed by atoms with van der Waals surface area (Å²) in [6, 6.07) is 8.17. The highest BCUT2D eigenvalue weighted by Gasteiger charge is 2.28. The molecule has 0 N–H and O–H groups in total. The van der Waals surface area contributed by atoms with Gasteiger partial charge in [0.2, 0.25) is 0 Å². The summed E-state index contributed by atoms with van der Waals surface area (Å²) in [6.07, 6.45) is 6.40. The molecule has 0 spiro atoms. The van der Waals surface area contributed by atoms with Crippen LogP contribution in [0.2, 0.25) is 0 Å². The normalized spacial score (nSPS) is 15.4. The number of benzene rings is 1. The van der Waals surface area contributed by atoms with Crippen LogP contribution in [0.25, 0.3) is 0 Å². The third kappa shape index (κ3) is 6.26. The number of nitrogens with zero attached hydrogens (tertiary/aromatic N) is 2. The Morgan fingerprint density at radius 1 is 1.15 bits per heavy atom. The summed E-state index contributed by atoms with van der Waals surface area (Å²) >= 11 is 3.52. The first-order valence-corrected chi connectivity index (χ1v) is 10.7. The van der Waals surface area contributed by atoms with Crippen LogP contribution in [-0.2, 0) is 9.47 Å². The van der Waals surface area contributed by atoms with Gasteiger partial charge in [0.1, 0.15) is 6.07 Å². The van der Waals surface area contributed by atoms with Gasteiger partial charge < -0.3 is 14.4 Å². The Morgan fingerprint density at radius 3 is 2.31 bits per heavy atom. The molecule has 1 aromatic rings. The second-order valence-electron chi connectivity index (χ2n) is 6.91. The summed E-state index contributed by atoms with van der Waals surface area (Å²) in [5, 5.41) is 9.39. The van der Waals surface area contributed by atoms with Gasteiger partial charge in [0, 0.05) is 36.7 Å². The Kier molecular flexibility index (Phi) is 9.45. The predicted octanol–water partition coefficient (Wildman–Crippen LogP) is 5.50. The van der Waals surface area contributed by atoms with E-state index in [4.69, 9.17) is 9.47 Å². The van der Waals surface area contributed by atoms with Gasteiger partial charge in [0.25, 0.3) is 0 Å². The van der Waals surface area contributed by atoms with Crippen molar-refractivity contribution in [2.24, 2.45) is 5.92 Å². The van der Waals surface area contributed by atoms with Crippen molar-refractivity contribution in [1.29, 1.82) is 5.26 Å². The average Bonchev–Trinajstić information content (AvgIpc) is 2.67. The van der Waals surface area contributed by atoms with Crippen molar-refractivity contribution in [3.8, 4) is 6.07 Å². The van der Waals surface area contributed by atoms with Gasteiger partial charge in [-0.1, -0.05) is 42.6 Å². The van der Waals surface area contributed by atoms with E-state index in [1.54, 1.807) is 0 Å². The lowest BCUT2D eigenvalue weighted by Gasteiger charge is -2.37. The maximum absolute atomic E-state index is 9.39. The second kappa shape index (κ2) is 11.6. The quantitative estimate of drug-likeness (QED) is 0.368. The molecule has 0 bridgehead atoms. The number of nitriles is 1. The molecule has 0 amide bonds. The van der Waals surface area contributed by atoms with Gasteiger partial charge in [0.05, 0.1) is 11.3 Å². The molecule has 1 aromatic carbocycles. The molecule has 1 saturated heterocycles. The third-order valence-corrected chi connectivity index (χ3v) is 5.40. The molecule has 1 fully saturated rings. The third-order valence-electron chi connectivity index (χ3n) is 4.91. The molecule has 1 heterocycles. The molecule has 0 atom stereocenters. The fraction of sp³-hybridized carbons (Fsp3) is 0.667. The van der Waals surface area contributed by atoms with Crippen LogP contribution < -0.4 is 4.90 Å². The zero-order valence-electron chi connectivity index (χ0n) is 16.0. The smallest absolute Gasteiger partial charge is 0.160 e. The zero-order chi connectivity index (χ0) is 18.8. The first-order valence-electron chi connectivity index (χ1n) is 9.87. The van der Waals surface area contributed by atoms with Crippen molar-refractivity contribution in [2.75, 3.05) is 31.2 Å². The molecule has 0 saturated carbocycles. The highest BCUT2D eigenvalue weighted by atomic mass is 79.9. The summed E-state index contributed by atoms with van der Waals surface area (Å²) in [4.78, 5) is 2.31. The lowest BCUT2D eigenvalue weighted by Crippen LogP contribution is -2.40. The van der Waals surface area contributed by atoms with Crippen molar-refractivity contribution in [2.45, 2.75) is 58.7 Å². The summed E-state index contributed by atoms with van der Waals surface area (Å²) in [5.74, 6) is 0.428. The Balaban J connectivity index is 1.95. The van der Waals surface area contributed by atoms with E-state index in [2.05, 4.69) is 40.7 Å². The molecular formula is C21H31BrN2O2. The summed E-state index contributed by atoms with van der Waals surface area (Å²) in [7, 11) is 0. The van der Waals surface area contributed by atoms with Crippen molar-refractivity contribution in [1.82, 2.24) is 0 Å². The molecule has 0 radical (unpaired) electrons. The summed E-state index contributed by atoms with van der Waals surface area (Å²) in [5.41, 5.74) is 1.76. The number of hydrogen-bond acceptors (Lipinski definition) is 4. The van der Waals surface area contributed by atoms with Crippen molar-refractivity contribution in [3.05, 3.63) is 28.2 Å². The van der Waals surface area contributed by atoms with Gasteiger partial charge in [0.15, 0.2) is 6.29 Å². The van der Waals surface area contributed by atoms with Gasteiger partial charge >= 0.3 is 0 Å². The fourth-order valence-corrected chi connectivity index (χ4v) is 3.63. The lowest BCUT2D eigenvalue weighted by atomic mass is 9.95. The Labute approximate surface area is 166 Å². The molecule has 0 unspecified atom stereocenters. The van der Waals surface area contributed by atoms with Gasteiger partial charge in [-0.3, -0.25) is 0 Å². The summed E-state index contributed by atoms with van der Waals surface area (Å²) in [6.45, 7) is 7.77.